The van der Waals surface area contributed by atoms with E-state index in [2.05, 4.69) is 6.92 Å². The molecule has 1 saturated heterocycles. The van der Waals surface area contributed by atoms with Crippen LogP contribution in [0.3, 0.4) is 0 Å². The van der Waals surface area contributed by atoms with Crippen LogP contribution in [0.4, 0.5) is 0 Å². The summed E-state index contributed by atoms with van der Waals surface area (Å²) in [7, 11) is 0. The highest BCUT2D eigenvalue weighted by Crippen LogP contribution is 2.39. The van der Waals surface area contributed by atoms with Gasteiger partial charge in [0.05, 0.1) is 13.2 Å². The first kappa shape index (κ1) is 12.0. The molecule has 1 saturated carbocycles. The Kier molecular flexibility index (Phi) is 3.93. The van der Waals surface area contributed by atoms with Gasteiger partial charge in [-0.1, -0.05) is 13.8 Å². The highest BCUT2D eigenvalue weighted by molar-refractivity contribution is 4.93. The average Bonchev–Trinajstić information content (AvgIpc) is 2.54. The van der Waals surface area contributed by atoms with Crippen molar-refractivity contribution in [1.82, 2.24) is 0 Å². The highest BCUT2D eigenvalue weighted by Gasteiger charge is 2.44. The van der Waals surface area contributed by atoms with Crippen LogP contribution >= 0.6 is 0 Å². The zero-order valence-electron chi connectivity index (χ0n) is 9.64. The Bertz CT molecular complexity index is 174. The monoisotopic (exact) mass is 201 g/mol. The molecule has 2 N–H and O–H groups in total. The Hall–Kier alpha value is -0.120. The molecule has 2 aliphatic rings. The van der Waals surface area contributed by atoms with E-state index in [1.807, 2.05) is 13.8 Å². The van der Waals surface area contributed by atoms with Crippen LogP contribution in [0.1, 0.15) is 46.5 Å². The molecule has 0 radical (unpaired) electrons. The Morgan fingerprint density at radius 3 is 2.14 bits per heavy atom. The second-order valence-electron chi connectivity index (χ2n) is 4.29. The van der Waals surface area contributed by atoms with Gasteiger partial charge >= 0.3 is 0 Å². The van der Waals surface area contributed by atoms with Gasteiger partial charge in [0.1, 0.15) is 0 Å². The largest absolute Gasteiger partial charge is 0.347 e. The molecule has 1 atom stereocenters. The Morgan fingerprint density at radius 1 is 1.07 bits per heavy atom. The normalized spacial score (nSPS) is 35.1. The van der Waals surface area contributed by atoms with E-state index >= 15 is 0 Å². The van der Waals surface area contributed by atoms with Gasteiger partial charge in [0.2, 0.25) is 0 Å². The van der Waals surface area contributed by atoms with Gasteiger partial charge in [-0.15, -0.1) is 0 Å². The third-order valence-corrected chi connectivity index (χ3v) is 2.79. The Balaban J connectivity index is 0.000000461. The molecular formula is C11H23NO2. The second kappa shape index (κ2) is 4.60. The van der Waals surface area contributed by atoms with Crippen molar-refractivity contribution < 1.29 is 9.47 Å². The van der Waals surface area contributed by atoms with Gasteiger partial charge in [0.25, 0.3) is 0 Å². The molecule has 1 heterocycles. The van der Waals surface area contributed by atoms with Gasteiger partial charge < -0.3 is 15.2 Å². The zero-order chi connectivity index (χ0) is 10.7. The molecule has 1 aliphatic carbocycles. The number of hydrogen-bond acceptors (Lipinski definition) is 3. The van der Waals surface area contributed by atoms with Gasteiger partial charge in [0.15, 0.2) is 5.79 Å². The molecule has 2 rings (SSSR count). The molecule has 1 aliphatic heterocycles. The standard InChI is InChI=1S/C9H17NO2.C2H6/c1-8(10)3-2-4-9(7-8)11-5-6-12-9;1-2/h2-7,10H2,1H3;1-2H3. The fourth-order valence-corrected chi connectivity index (χ4v) is 2.30. The Labute approximate surface area is 86.9 Å². The van der Waals surface area contributed by atoms with Crippen LogP contribution in [-0.4, -0.2) is 24.5 Å². The van der Waals surface area contributed by atoms with E-state index in [-0.39, 0.29) is 11.3 Å². The van der Waals surface area contributed by atoms with Crippen LogP contribution in [0.2, 0.25) is 0 Å². The summed E-state index contributed by atoms with van der Waals surface area (Å²) in [5.74, 6) is -0.318. The van der Waals surface area contributed by atoms with Gasteiger partial charge in [-0.25, -0.2) is 0 Å². The first-order valence-corrected chi connectivity index (χ1v) is 5.69. The third-order valence-electron chi connectivity index (χ3n) is 2.79. The van der Waals surface area contributed by atoms with Crippen molar-refractivity contribution in [3.05, 3.63) is 0 Å². The third kappa shape index (κ3) is 2.69. The lowest BCUT2D eigenvalue weighted by molar-refractivity contribution is -0.188. The van der Waals surface area contributed by atoms with Crippen LogP contribution in [0.15, 0.2) is 0 Å². The first-order valence-electron chi connectivity index (χ1n) is 5.69. The molecule has 84 valence electrons. The molecule has 14 heavy (non-hydrogen) atoms. The zero-order valence-corrected chi connectivity index (χ0v) is 9.64. The maximum Gasteiger partial charge on any atom is 0.170 e. The van der Waals surface area contributed by atoms with Crippen LogP contribution in [0, 0.1) is 0 Å². The van der Waals surface area contributed by atoms with E-state index in [9.17, 15) is 0 Å². The number of hydrogen-bond donors (Lipinski definition) is 1. The molecular weight excluding hydrogens is 178 g/mol. The summed E-state index contributed by atoms with van der Waals surface area (Å²) in [4.78, 5) is 0. The van der Waals surface area contributed by atoms with Gasteiger partial charge in [-0.05, 0) is 19.8 Å². The van der Waals surface area contributed by atoms with E-state index in [1.54, 1.807) is 0 Å². The van der Waals surface area contributed by atoms with Gasteiger partial charge in [-0.2, -0.15) is 0 Å². The molecule has 3 nitrogen and oxygen atoms in total. The lowest BCUT2D eigenvalue weighted by Gasteiger charge is -2.40. The van der Waals surface area contributed by atoms with Crippen molar-refractivity contribution in [2.75, 3.05) is 13.2 Å². The number of rotatable bonds is 0. The number of ether oxygens (including phenoxy) is 2. The van der Waals surface area contributed by atoms with Crippen molar-refractivity contribution in [3.63, 3.8) is 0 Å². The van der Waals surface area contributed by atoms with E-state index < -0.39 is 0 Å². The van der Waals surface area contributed by atoms with Crippen molar-refractivity contribution >= 4 is 0 Å². The molecule has 1 spiro atoms. The maximum absolute atomic E-state index is 6.07. The summed E-state index contributed by atoms with van der Waals surface area (Å²) in [6, 6.07) is 0. The quantitative estimate of drug-likeness (QED) is 0.652. The van der Waals surface area contributed by atoms with Crippen LogP contribution in [-0.2, 0) is 9.47 Å². The minimum Gasteiger partial charge on any atom is -0.347 e. The van der Waals surface area contributed by atoms with E-state index in [0.29, 0.717) is 0 Å². The van der Waals surface area contributed by atoms with Crippen LogP contribution < -0.4 is 5.73 Å². The molecule has 0 amide bonds. The van der Waals surface area contributed by atoms with Crippen molar-refractivity contribution in [3.8, 4) is 0 Å². The molecule has 0 aromatic heterocycles. The summed E-state index contributed by atoms with van der Waals surface area (Å²) in [6.45, 7) is 7.55. The summed E-state index contributed by atoms with van der Waals surface area (Å²) in [5.41, 5.74) is 5.98. The minimum atomic E-state index is -0.318. The van der Waals surface area contributed by atoms with Gasteiger partial charge in [0, 0.05) is 18.4 Å². The molecule has 0 aromatic rings. The topological polar surface area (TPSA) is 44.5 Å². The van der Waals surface area contributed by atoms with Crippen LogP contribution in [0.5, 0.6) is 0 Å². The summed E-state index contributed by atoms with van der Waals surface area (Å²) < 4.78 is 11.2. The molecule has 0 aromatic carbocycles. The van der Waals surface area contributed by atoms with Crippen LogP contribution in [0.25, 0.3) is 0 Å². The average molecular weight is 201 g/mol. The van der Waals surface area contributed by atoms with Crippen molar-refractivity contribution in [1.29, 1.82) is 0 Å². The molecule has 3 heteroatoms. The van der Waals surface area contributed by atoms with E-state index in [0.717, 1.165) is 38.9 Å². The van der Waals surface area contributed by atoms with E-state index in [4.69, 9.17) is 15.2 Å². The predicted molar refractivity (Wildman–Crippen MR) is 57.0 cm³/mol. The SMILES string of the molecule is CC.CC1(N)CCCC2(C1)OCCO2. The molecule has 2 fully saturated rings. The lowest BCUT2D eigenvalue weighted by atomic mass is 9.80. The second-order valence-corrected chi connectivity index (χ2v) is 4.29. The smallest absolute Gasteiger partial charge is 0.170 e. The maximum atomic E-state index is 6.07. The minimum absolute atomic E-state index is 0.0947. The fourth-order valence-electron chi connectivity index (χ4n) is 2.30. The van der Waals surface area contributed by atoms with Crippen molar-refractivity contribution in [2.45, 2.75) is 57.8 Å². The molecule has 0 bridgehead atoms. The Morgan fingerprint density at radius 2 is 1.64 bits per heavy atom. The summed E-state index contributed by atoms with van der Waals surface area (Å²) >= 11 is 0. The lowest BCUT2D eigenvalue weighted by Crippen LogP contribution is -2.49. The first-order chi connectivity index (χ1) is 6.62. The molecule has 1 unspecified atom stereocenters. The summed E-state index contributed by atoms with van der Waals surface area (Å²) in [5, 5.41) is 0. The highest BCUT2D eigenvalue weighted by atomic mass is 16.7. The van der Waals surface area contributed by atoms with E-state index in [1.165, 1.54) is 0 Å². The van der Waals surface area contributed by atoms with Crippen molar-refractivity contribution in [2.24, 2.45) is 5.73 Å². The fraction of sp³-hybridized carbons (Fsp3) is 1.00. The predicted octanol–water partition coefficient (Wildman–Crippen LogP) is 2.05. The van der Waals surface area contributed by atoms with Gasteiger partial charge in [-0.3, -0.25) is 0 Å². The summed E-state index contributed by atoms with van der Waals surface area (Å²) in [6.07, 6.45) is 4.06. The number of nitrogens with two attached hydrogens (primary N) is 1.